The predicted octanol–water partition coefficient (Wildman–Crippen LogP) is 4.10. The molecule has 1 atom stereocenters. The van der Waals surface area contributed by atoms with Gasteiger partial charge in [-0.1, -0.05) is 57.5 Å². The van der Waals surface area contributed by atoms with E-state index in [4.69, 9.17) is 0 Å². The van der Waals surface area contributed by atoms with Gasteiger partial charge in [-0.25, -0.2) is 0 Å². The Bertz CT molecular complexity index is 1030. The maximum Gasteiger partial charge on any atom is 0.271 e. The van der Waals surface area contributed by atoms with Gasteiger partial charge in [-0.15, -0.1) is 0 Å². The number of amides is 1. The average molecular weight is 458 g/mol. The molecule has 1 aromatic heterocycles. The van der Waals surface area contributed by atoms with E-state index in [1.54, 1.807) is 6.07 Å². The highest BCUT2D eigenvalue weighted by molar-refractivity contribution is 9.10. The molecule has 7 heteroatoms. The zero-order valence-corrected chi connectivity index (χ0v) is 18.0. The van der Waals surface area contributed by atoms with Gasteiger partial charge < -0.3 is 5.32 Å². The van der Waals surface area contributed by atoms with Gasteiger partial charge in [0.15, 0.2) is 0 Å². The van der Waals surface area contributed by atoms with Crippen LogP contribution in [0.15, 0.2) is 75.0 Å². The van der Waals surface area contributed by atoms with Crippen LogP contribution < -0.4 is 10.9 Å². The first-order valence-corrected chi connectivity index (χ1v) is 10.5. The van der Waals surface area contributed by atoms with Crippen LogP contribution in [-0.4, -0.2) is 20.9 Å². The van der Waals surface area contributed by atoms with Crippen LogP contribution in [0.3, 0.4) is 0 Å². The Labute approximate surface area is 176 Å². The quantitative estimate of drug-likeness (QED) is 0.565. The number of hydrogen-bond donors (Lipinski definition) is 1. The molecule has 2 aromatic carbocycles. The first-order chi connectivity index (χ1) is 13.4. The summed E-state index contributed by atoms with van der Waals surface area (Å²) in [6, 6.07) is 18.5. The normalized spacial score (nSPS) is 11.8. The molecule has 0 unspecified atom stereocenters. The van der Waals surface area contributed by atoms with Gasteiger partial charge in [0.05, 0.1) is 10.9 Å². The number of carbonyl (C=O) groups excluding carboxylic acids is 1. The number of rotatable bonds is 6. The summed E-state index contributed by atoms with van der Waals surface area (Å²) in [5, 5.41) is 7.61. The van der Waals surface area contributed by atoms with Crippen LogP contribution in [0.25, 0.3) is 5.69 Å². The van der Waals surface area contributed by atoms with E-state index in [0.717, 1.165) is 15.6 Å². The van der Waals surface area contributed by atoms with Gasteiger partial charge in [0.1, 0.15) is 5.03 Å². The summed E-state index contributed by atoms with van der Waals surface area (Å²) < 4.78 is 2.33. The fraction of sp³-hybridized carbons (Fsp3) is 0.190. The molecule has 28 heavy (non-hydrogen) atoms. The van der Waals surface area contributed by atoms with Crippen LogP contribution in [0.4, 0.5) is 0 Å². The second-order valence-corrected chi connectivity index (χ2v) is 8.64. The Balaban J connectivity index is 1.67. The Kier molecular flexibility index (Phi) is 6.70. The fourth-order valence-electron chi connectivity index (χ4n) is 2.54. The van der Waals surface area contributed by atoms with Gasteiger partial charge in [0, 0.05) is 17.1 Å². The molecular formula is C21H20BrN3O2S. The molecule has 0 spiro atoms. The van der Waals surface area contributed by atoms with Crippen molar-refractivity contribution in [1.29, 1.82) is 0 Å². The van der Waals surface area contributed by atoms with Crippen LogP contribution in [-0.2, 0) is 11.3 Å². The van der Waals surface area contributed by atoms with Crippen molar-refractivity contribution in [3.63, 3.8) is 0 Å². The van der Waals surface area contributed by atoms with Crippen molar-refractivity contribution < 1.29 is 4.79 Å². The Morgan fingerprint density at radius 1 is 1.18 bits per heavy atom. The lowest BCUT2D eigenvalue weighted by atomic mass is 10.2. The van der Waals surface area contributed by atoms with E-state index in [9.17, 15) is 9.59 Å². The Hall–Kier alpha value is -2.38. The molecule has 1 N–H and O–H groups in total. The van der Waals surface area contributed by atoms with E-state index < -0.39 is 0 Å². The highest BCUT2D eigenvalue weighted by atomic mass is 79.9. The number of nitrogens with zero attached hydrogens (tertiary/aromatic N) is 2. The van der Waals surface area contributed by atoms with Gasteiger partial charge in [0.2, 0.25) is 5.91 Å². The molecule has 5 nitrogen and oxygen atoms in total. The summed E-state index contributed by atoms with van der Waals surface area (Å²) in [6.07, 6.45) is 0. The van der Waals surface area contributed by atoms with E-state index in [1.165, 1.54) is 22.5 Å². The van der Waals surface area contributed by atoms with Crippen LogP contribution in [0, 0.1) is 6.92 Å². The maximum atomic E-state index is 12.4. The fourth-order valence-corrected chi connectivity index (χ4v) is 3.82. The van der Waals surface area contributed by atoms with Crippen molar-refractivity contribution in [2.24, 2.45) is 0 Å². The number of carbonyl (C=O) groups is 1. The molecule has 0 aliphatic carbocycles. The highest BCUT2D eigenvalue weighted by Crippen LogP contribution is 2.21. The monoisotopic (exact) mass is 457 g/mol. The summed E-state index contributed by atoms with van der Waals surface area (Å²) in [5.41, 5.74) is 2.62. The third-order valence-electron chi connectivity index (χ3n) is 4.08. The molecule has 0 saturated carbocycles. The third kappa shape index (κ3) is 5.33. The van der Waals surface area contributed by atoms with Gasteiger partial charge in [-0.3, -0.25) is 9.59 Å². The topological polar surface area (TPSA) is 64.0 Å². The number of hydrogen-bond acceptors (Lipinski definition) is 4. The molecule has 3 aromatic rings. The molecule has 1 amide bonds. The zero-order valence-electron chi connectivity index (χ0n) is 15.6. The molecule has 0 fully saturated rings. The molecule has 0 aliphatic rings. The molecule has 3 rings (SSSR count). The summed E-state index contributed by atoms with van der Waals surface area (Å²) in [6.45, 7) is 4.27. The summed E-state index contributed by atoms with van der Waals surface area (Å²) >= 11 is 4.74. The highest BCUT2D eigenvalue weighted by Gasteiger charge is 2.16. The second-order valence-electron chi connectivity index (χ2n) is 6.36. The van der Waals surface area contributed by atoms with Gasteiger partial charge >= 0.3 is 0 Å². The van der Waals surface area contributed by atoms with Crippen molar-refractivity contribution in [1.82, 2.24) is 15.1 Å². The summed E-state index contributed by atoms with van der Waals surface area (Å²) in [4.78, 5) is 24.6. The van der Waals surface area contributed by atoms with Crippen LogP contribution >= 0.6 is 27.7 Å². The molecule has 1 heterocycles. The lowest BCUT2D eigenvalue weighted by Crippen LogP contribution is -2.30. The van der Waals surface area contributed by atoms with E-state index >= 15 is 0 Å². The number of thioether (sulfide) groups is 1. The SMILES string of the molecule is Cc1ccc(-n2nc(S[C@@H](C)C(=O)NCc3cccc(Br)c3)ccc2=O)cc1. The minimum Gasteiger partial charge on any atom is -0.351 e. The van der Waals surface area contributed by atoms with Gasteiger partial charge in [-0.2, -0.15) is 9.78 Å². The second kappa shape index (κ2) is 9.21. The number of halogens is 1. The third-order valence-corrected chi connectivity index (χ3v) is 5.60. The number of aromatic nitrogens is 2. The van der Waals surface area contributed by atoms with Crippen LogP contribution in [0.5, 0.6) is 0 Å². The smallest absolute Gasteiger partial charge is 0.271 e. The standard InChI is InChI=1S/C21H20BrN3O2S/c1-14-6-8-18(9-7-14)25-20(26)11-10-19(24-25)28-15(2)21(27)23-13-16-4-3-5-17(22)12-16/h3-12,15H,13H2,1-2H3,(H,23,27)/t15-/m0/s1. The zero-order chi connectivity index (χ0) is 20.1. The first-order valence-electron chi connectivity index (χ1n) is 8.78. The minimum absolute atomic E-state index is 0.0835. The van der Waals surface area contributed by atoms with E-state index in [-0.39, 0.29) is 16.7 Å². The summed E-state index contributed by atoms with van der Waals surface area (Å²) in [7, 11) is 0. The van der Waals surface area contributed by atoms with Crippen molar-refractivity contribution >= 4 is 33.6 Å². The molecule has 0 saturated heterocycles. The molecular weight excluding hydrogens is 438 g/mol. The molecule has 0 aliphatic heterocycles. The number of nitrogens with one attached hydrogen (secondary N) is 1. The van der Waals surface area contributed by atoms with E-state index in [0.29, 0.717) is 17.3 Å². The average Bonchev–Trinajstić information content (AvgIpc) is 2.68. The van der Waals surface area contributed by atoms with Crippen molar-refractivity contribution in [2.75, 3.05) is 0 Å². The maximum absolute atomic E-state index is 12.4. The van der Waals surface area contributed by atoms with Gasteiger partial charge in [-0.05, 0) is 49.7 Å². The lowest BCUT2D eigenvalue weighted by Gasteiger charge is -2.13. The predicted molar refractivity (Wildman–Crippen MR) is 116 cm³/mol. The summed E-state index contributed by atoms with van der Waals surface area (Å²) in [5.74, 6) is -0.0835. The largest absolute Gasteiger partial charge is 0.351 e. The first kappa shape index (κ1) is 20.4. The van der Waals surface area contributed by atoms with Crippen molar-refractivity contribution in [2.45, 2.75) is 30.7 Å². The van der Waals surface area contributed by atoms with Gasteiger partial charge in [0.25, 0.3) is 5.56 Å². The molecule has 0 bridgehead atoms. The molecule has 144 valence electrons. The molecule has 0 radical (unpaired) electrons. The van der Waals surface area contributed by atoms with E-state index in [2.05, 4.69) is 26.3 Å². The minimum atomic E-state index is -0.344. The van der Waals surface area contributed by atoms with Crippen molar-refractivity contribution in [3.05, 3.63) is 86.6 Å². The van der Waals surface area contributed by atoms with E-state index in [1.807, 2.05) is 62.4 Å². The van der Waals surface area contributed by atoms with Crippen LogP contribution in [0.2, 0.25) is 0 Å². The Morgan fingerprint density at radius 2 is 1.93 bits per heavy atom. The van der Waals surface area contributed by atoms with Crippen molar-refractivity contribution in [3.8, 4) is 5.69 Å². The lowest BCUT2D eigenvalue weighted by molar-refractivity contribution is -0.120. The number of benzene rings is 2. The Morgan fingerprint density at radius 3 is 2.64 bits per heavy atom. The van der Waals surface area contributed by atoms with Crippen LogP contribution in [0.1, 0.15) is 18.1 Å². The number of aryl methyl sites for hydroxylation is 1.